The van der Waals surface area contributed by atoms with Gasteiger partial charge >= 0.3 is 23.9 Å². The van der Waals surface area contributed by atoms with Gasteiger partial charge in [-0.25, -0.2) is 28.2 Å². The smallest absolute Gasteiger partial charge is 0.468 e. The third-order valence-electron chi connectivity index (χ3n) is 12.4. The number of sulfone groups is 1. The van der Waals surface area contributed by atoms with Crippen LogP contribution in [-0.4, -0.2) is 54.2 Å². The Morgan fingerprint density at radius 3 is 1.58 bits per heavy atom. The van der Waals surface area contributed by atoms with Crippen LogP contribution >= 0.6 is 57.2 Å². The van der Waals surface area contributed by atoms with Gasteiger partial charge in [-0.05, 0) is 247 Å². The van der Waals surface area contributed by atoms with E-state index in [0.717, 1.165) is 67.1 Å². The number of furan rings is 3. The second-order valence-electron chi connectivity index (χ2n) is 21.3. The second-order valence-corrected chi connectivity index (χ2v) is 27.9. The Labute approximate surface area is 591 Å². The molecule has 0 radical (unpaired) electrons. The summed E-state index contributed by atoms with van der Waals surface area (Å²) in [4.78, 5) is 33.3. The number of thiophene rings is 2. The zero-order valence-corrected chi connectivity index (χ0v) is 62.4. The lowest BCUT2D eigenvalue weighted by Crippen LogP contribution is -2.04. The summed E-state index contributed by atoms with van der Waals surface area (Å²) >= 11 is 15.4. The number of aromatic carboxylic acids is 1. The third kappa shape index (κ3) is 33.3. The van der Waals surface area contributed by atoms with Crippen LogP contribution in [0.2, 0.25) is 10.2 Å². The maximum absolute atomic E-state index is 12.3. The van der Waals surface area contributed by atoms with Gasteiger partial charge in [0, 0.05) is 46.0 Å². The fourth-order valence-electron chi connectivity index (χ4n) is 6.82. The number of nitro groups is 1. The SMILES string of the molecule is Cc1cc(C)c(C)o1.Cc1cc(S(=O)(=O)c2ccc(Cl)cc2)sc1C.Cc1ccc(Cl)o1.Cc1ccc(N)nc1.Cc1ccc([N+](=O)[O-])o1.Cc1ccccc1O.Cc1ccn(C)c1.Cc1coc(C(F)(F)F)n1.Cc1csc(C)c1.Cc1ncc(C(=O)O)s1.Cc1noc(C)c1C. The number of para-hydroxylation sites is 1. The molecule has 4 N–H and O–H groups in total. The molecule has 0 fully saturated rings. The minimum atomic E-state index is -4.46. The standard InChI is InChI=1S/C12H11ClO2S2.C7H10O.C7H8O.C6H8N2.C6H9NO.C6H9N.C6H8S.C5H5ClO.C5H4F3NO.C5H5NO3.C5H5NO2S/c1-8-7-12(16-9(8)2)17(14,15)11-5-3-10(13)4-6-11;1-5-4-6(2)8-7(5)3;1-6-4-2-3-5-7(6)8;1-5-2-3-6(7)8-4-5;1-4-5(2)7-8-6(4)3;1-6-3-4-7(2)5-6;1-5-3-6(2)7-4-5;1-4-2-3-5(6)7-4;1-3-2-10-4(9-3)5(6,7)8;1-4-2-3-5(9-4)6(7)8;1-3-6-2-4(9-3)5(7)8/h3-7H,1-2H3;4H,1-3H3;2-5,8H,1H3;2-4H,1H3,(H2,7,8);1-3H3;3-5H,1-2H3;3-4H,1-2H3;2-3H,1H3;2H,1H3;2-3H,1H3;2H,1H3,(H,7,8). The summed E-state index contributed by atoms with van der Waals surface area (Å²) in [6.07, 6.45) is 3.73. The molecule has 19 nitrogen and oxygen atoms in total. The van der Waals surface area contributed by atoms with Gasteiger partial charge in [0.25, 0.3) is 0 Å². The Bertz CT molecular complexity index is 4130. The van der Waals surface area contributed by atoms with E-state index in [4.69, 9.17) is 52.5 Å². The summed E-state index contributed by atoms with van der Waals surface area (Å²) in [5.41, 5.74) is 14.7. The number of phenols is 1. The molecule has 0 bridgehead atoms. The van der Waals surface area contributed by atoms with Crippen LogP contribution in [0, 0.1) is 128 Å². The number of benzene rings is 2. The normalized spacial score (nSPS) is 10.1. The molecule has 2 aromatic carbocycles. The van der Waals surface area contributed by atoms with E-state index in [0.29, 0.717) is 36.7 Å². The third-order valence-corrected chi connectivity index (χ3v) is 18.1. The average molecular weight is 1470 g/mol. The first-order valence-electron chi connectivity index (χ1n) is 29.3. The lowest BCUT2D eigenvalue weighted by molar-refractivity contribution is -0.402. The Morgan fingerprint density at radius 1 is 0.694 bits per heavy atom. The molecule has 528 valence electrons. The number of hydrogen-bond acceptors (Lipinski definition) is 19. The number of nitrogens with two attached hydrogens (primary N) is 1. The highest BCUT2D eigenvalue weighted by Crippen LogP contribution is 2.31. The number of aromatic hydroxyl groups is 1. The highest BCUT2D eigenvalue weighted by atomic mass is 35.5. The summed E-state index contributed by atoms with van der Waals surface area (Å²) in [6.45, 7) is 32.5. The summed E-state index contributed by atoms with van der Waals surface area (Å²) in [6, 6.07) is 31.6. The Balaban J connectivity index is 0.000000371. The molecule has 0 spiro atoms. The van der Waals surface area contributed by atoms with E-state index in [1.165, 1.54) is 75.6 Å². The molecule has 0 saturated carbocycles. The Hall–Kier alpha value is -9.05. The molecule has 0 saturated heterocycles. The predicted octanol–water partition coefficient (Wildman–Crippen LogP) is 20.9. The maximum Gasteiger partial charge on any atom is 0.468 e. The number of hydrogen-bond donors (Lipinski definition) is 3. The minimum absolute atomic E-state index is 0.201. The number of anilines is 1. The van der Waals surface area contributed by atoms with E-state index in [-0.39, 0.29) is 16.5 Å². The zero-order valence-electron chi connectivity index (χ0n) is 57.6. The molecule has 0 unspecified atom stereocenters. The number of carboxylic acids is 1. The van der Waals surface area contributed by atoms with Crippen LogP contribution in [0.1, 0.15) is 109 Å². The van der Waals surface area contributed by atoms with Crippen molar-refractivity contribution >= 4 is 84.7 Å². The van der Waals surface area contributed by atoms with E-state index in [1.54, 1.807) is 73.8 Å². The molecular formula is C70H82Cl2F3N7O12S4. The van der Waals surface area contributed by atoms with Gasteiger partial charge in [-0.2, -0.15) is 13.2 Å². The monoisotopic (exact) mass is 1470 g/mol. The first kappa shape index (κ1) is 85.0. The Morgan fingerprint density at radius 2 is 1.33 bits per heavy atom. The molecule has 28 heteroatoms. The highest BCUT2D eigenvalue weighted by molar-refractivity contribution is 7.93. The number of aryl methyl sites for hydroxylation is 17. The molecular weight excluding hydrogens is 1390 g/mol. The van der Waals surface area contributed by atoms with E-state index < -0.39 is 32.8 Å². The van der Waals surface area contributed by atoms with Crippen molar-refractivity contribution in [3.05, 3.63) is 271 Å². The molecule has 12 rings (SSSR count). The number of carboxylic acid groups (broad SMARTS) is 1. The van der Waals surface area contributed by atoms with Crippen molar-refractivity contribution in [3.63, 3.8) is 0 Å². The van der Waals surface area contributed by atoms with Gasteiger partial charge in [-0.15, -0.1) is 34.0 Å². The van der Waals surface area contributed by atoms with Crippen molar-refractivity contribution in [1.82, 2.24) is 24.7 Å². The predicted molar refractivity (Wildman–Crippen MR) is 383 cm³/mol. The van der Waals surface area contributed by atoms with E-state index >= 15 is 0 Å². The van der Waals surface area contributed by atoms with Gasteiger partial charge in [0.1, 0.15) is 60.6 Å². The number of oxazole rings is 1. The van der Waals surface area contributed by atoms with Crippen LogP contribution < -0.4 is 5.73 Å². The van der Waals surface area contributed by atoms with E-state index in [9.17, 15) is 36.5 Å². The molecule has 10 aromatic heterocycles. The van der Waals surface area contributed by atoms with Crippen LogP contribution in [-0.2, 0) is 23.1 Å². The number of rotatable bonds is 4. The molecule has 0 aliphatic rings. The van der Waals surface area contributed by atoms with Gasteiger partial charge in [-0.3, -0.25) is 10.1 Å². The van der Waals surface area contributed by atoms with Crippen molar-refractivity contribution in [3.8, 4) is 5.75 Å². The summed E-state index contributed by atoms with van der Waals surface area (Å²) < 4.78 is 85.6. The topological polar surface area (TPSA) is 283 Å². The highest BCUT2D eigenvalue weighted by Gasteiger charge is 2.36. The fourth-order valence-corrected chi connectivity index (χ4v) is 11.4. The molecule has 0 amide bonds. The summed E-state index contributed by atoms with van der Waals surface area (Å²) in [5, 5.41) is 34.9. The number of halogens is 5. The average Bonchev–Trinajstić information content (AvgIpc) is 1.62. The van der Waals surface area contributed by atoms with Gasteiger partial charge in [0.15, 0.2) is 5.22 Å². The number of phenolic OH excluding ortho intramolecular Hbond substituents is 1. The molecule has 10 heterocycles. The summed E-state index contributed by atoms with van der Waals surface area (Å²) in [5.74, 6) is 3.01. The second kappa shape index (κ2) is 41.9. The van der Waals surface area contributed by atoms with Gasteiger partial charge in [0.2, 0.25) is 9.84 Å². The van der Waals surface area contributed by atoms with E-state index in [2.05, 4.69) is 73.4 Å². The van der Waals surface area contributed by atoms with Crippen molar-refractivity contribution in [2.24, 2.45) is 7.05 Å². The molecule has 0 aliphatic heterocycles. The van der Waals surface area contributed by atoms with Crippen LogP contribution in [0.25, 0.3) is 0 Å². The zero-order chi connectivity index (χ0) is 74.2. The maximum atomic E-state index is 12.3. The lowest BCUT2D eigenvalue weighted by atomic mass is 10.2. The van der Waals surface area contributed by atoms with Crippen molar-refractivity contribution in [2.75, 3.05) is 5.73 Å². The first-order chi connectivity index (χ1) is 45.7. The van der Waals surface area contributed by atoms with E-state index in [1.807, 2.05) is 130 Å². The lowest BCUT2D eigenvalue weighted by Gasteiger charge is -2.01. The Kier molecular flexibility index (Phi) is 36.4. The van der Waals surface area contributed by atoms with Crippen molar-refractivity contribution in [1.29, 1.82) is 0 Å². The van der Waals surface area contributed by atoms with Crippen LogP contribution in [0.4, 0.5) is 24.9 Å². The number of pyridine rings is 1. The molecule has 98 heavy (non-hydrogen) atoms. The van der Waals surface area contributed by atoms with Crippen molar-refractivity contribution in [2.45, 2.75) is 133 Å². The number of nitrogens with zero attached hydrogens (tertiary/aromatic N) is 6. The largest absolute Gasteiger partial charge is 0.508 e. The molecule has 0 aliphatic carbocycles. The number of nitrogen functional groups attached to an aromatic ring is 1. The summed E-state index contributed by atoms with van der Waals surface area (Å²) in [7, 11) is -1.38. The van der Waals surface area contributed by atoms with Gasteiger partial charge in [-0.1, -0.05) is 41.0 Å². The number of thiazole rings is 1. The van der Waals surface area contributed by atoms with Crippen LogP contribution in [0.3, 0.4) is 0 Å². The first-order valence-corrected chi connectivity index (χ1v) is 34.1. The minimum Gasteiger partial charge on any atom is -0.508 e. The molecule has 0 atom stereocenters. The number of carbonyl (C=O) groups is 1. The molecule has 12 aromatic rings. The quantitative estimate of drug-likeness (QED) is 0.109. The number of aromatic nitrogens is 5. The van der Waals surface area contributed by atoms with Gasteiger partial charge in [0.05, 0.1) is 33.6 Å². The van der Waals surface area contributed by atoms with Crippen molar-refractivity contribution < 1.29 is 63.7 Å². The van der Waals surface area contributed by atoms with Crippen LogP contribution in [0.5, 0.6) is 5.75 Å². The van der Waals surface area contributed by atoms with Gasteiger partial charge < -0.3 is 42.7 Å². The number of alkyl halides is 3. The fraction of sp³-hybridized carbons (Fsp3) is 0.271. The van der Waals surface area contributed by atoms with Crippen LogP contribution in [0.15, 0.2) is 177 Å².